The van der Waals surface area contributed by atoms with E-state index in [0.29, 0.717) is 12.1 Å². The molecule has 0 amide bonds. The molecular formula is C24H18F9NO. The lowest BCUT2D eigenvalue weighted by atomic mass is 9.89. The van der Waals surface area contributed by atoms with Crippen LogP contribution in [0, 0.1) is 20.8 Å². The minimum absolute atomic E-state index is 0.147. The lowest BCUT2D eigenvalue weighted by molar-refractivity contribution is -0.140. The van der Waals surface area contributed by atoms with Gasteiger partial charge in [0.25, 0.3) is 0 Å². The molecule has 3 aromatic rings. The number of aryl methyl sites for hydroxylation is 3. The predicted octanol–water partition coefficient (Wildman–Crippen LogP) is 8.31. The molecule has 2 nitrogen and oxygen atoms in total. The van der Waals surface area contributed by atoms with Crippen LogP contribution in [0.2, 0.25) is 0 Å². The largest absolute Gasteiger partial charge is 0.472 e. The van der Waals surface area contributed by atoms with Crippen molar-refractivity contribution in [3.8, 4) is 17.0 Å². The third kappa shape index (κ3) is 5.88. The molecule has 0 spiro atoms. The Bertz CT molecular complexity index is 1240. The van der Waals surface area contributed by atoms with Gasteiger partial charge < -0.3 is 4.74 Å². The van der Waals surface area contributed by atoms with Gasteiger partial charge in [-0.2, -0.15) is 39.5 Å². The zero-order valence-electron chi connectivity index (χ0n) is 18.5. The van der Waals surface area contributed by atoms with Gasteiger partial charge >= 0.3 is 18.5 Å². The topological polar surface area (TPSA) is 22.1 Å². The summed E-state index contributed by atoms with van der Waals surface area (Å²) >= 11 is 0. The van der Waals surface area contributed by atoms with Gasteiger partial charge in [0.1, 0.15) is 12.2 Å². The summed E-state index contributed by atoms with van der Waals surface area (Å²) in [5.74, 6) is -0.899. The van der Waals surface area contributed by atoms with E-state index in [1.165, 1.54) is 20.8 Å². The van der Waals surface area contributed by atoms with E-state index in [-0.39, 0.29) is 22.4 Å². The summed E-state index contributed by atoms with van der Waals surface area (Å²) < 4.78 is 127. The van der Waals surface area contributed by atoms with E-state index < -0.39 is 58.8 Å². The van der Waals surface area contributed by atoms with Crippen LogP contribution in [0.3, 0.4) is 0 Å². The fraction of sp³-hybridized carbons (Fsp3) is 0.292. The van der Waals surface area contributed by atoms with Crippen LogP contribution in [0.15, 0.2) is 42.5 Å². The first-order chi connectivity index (χ1) is 16.0. The van der Waals surface area contributed by atoms with Gasteiger partial charge in [0.05, 0.1) is 11.1 Å². The molecule has 0 saturated carbocycles. The number of nitrogens with zero attached hydrogens (tertiary/aromatic N) is 1. The first kappa shape index (κ1) is 26.4. The van der Waals surface area contributed by atoms with Crippen molar-refractivity contribution in [3.63, 3.8) is 0 Å². The highest BCUT2D eigenvalue weighted by atomic mass is 19.4. The number of hydrogen-bond donors (Lipinski definition) is 0. The second-order valence-electron chi connectivity index (χ2n) is 7.96. The van der Waals surface area contributed by atoms with Crippen LogP contribution in [0.5, 0.6) is 5.88 Å². The highest BCUT2D eigenvalue weighted by Crippen LogP contribution is 2.43. The van der Waals surface area contributed by atoms with E-state index in [1.54, 1.807) is 0 Å². The quantitative estimate of drug-likeness (QED) is 0.332. The van der Waals surface area contributed by atoms with Crippen LogP contribution in [-0.4, -0.2) is 4.98 Å². The maximum atomic E-state index is 14.2. The summed E-state index contributed by atoms with van der Waals surface area (Å²) in [6.45, 7) is 3.22. The van der Waals surface area contributed by atoms with Gasteiger partial charge in [-0.25, -0.2) is 4.98 Å². The molecule has 0 aliphatic rings. The van der Waals surface area contributed by atoms with Gasteiger partial charge in [-0.3, -0.25) is 0 Å². The Hall–Kier alpha value is -3.24. The van der Waals surface area contributed by atoms with Crippen molar-refractivity contribution in [1.29, 1.82) is 0 Å². The standard InChI is InChI=1S/C24H18F9NO/c1-12-8-15(11-35-21-19(23(28,29)30)7-5-14(3)34-21)20(24(31,32)33)18(9-12)17-10-16(22(25,26)27)6-4-13(17)2/h4-10H,11H2,1-3H3. The number of rotatable bonds is 4. The molecule has 0 aliphatic heterocycles. The van der Waals surface area contributed by atoms with Gasteiger partial charge in [0.15, 0.2) is 0 Å². The number of pyridine rings is 1. The lowest BCUT2D eigenvalue weighted by Crippen LogP contribution is -2.16. The average Bonchev–Trinajstić information content (AvgIpc) is 2.69. The molecule has 3 rings (SSSR count). The van der Waals surface area contributed by atoms with Crippen LogP contribution in [0.25, 0.3) is 11.1 Å². The van der Waals surface area contributed by atoms with Gasteiger partial charge in [0, 0.05) is 11.3 Å². The molecule has 1 heterocycles. The van der Waals surface area contributed by atoms with Crippen LogP contribution < -0.4 is 4.74 Å². The molecule has 0 saturated heterocycles. The fourth-order valence-corrected chi connectivity index (χ4v) is 3.62. The minimum atomic E-state index is -5.05. The number of benzene rings is 2. The summed E-state index contributed by atoms with van der Waals surface area (Å²) in [5, 5.41) is 0. The van der Waals surface area contributed by atoms with E-state index in [9.17, 15) is 39.5 Å². The first-order valence-corrected chi connectivity index (χ1v) is 10.0. The number of alkyl halides is 9. The van der Waals surface area contributed by atoms with Gasteiger partial charge in [-0.1, -0.05) is 23.8 Å². The number of aromatic nitrogens is 1. The third-order valence-corrected chi connectivity index (χ3v) is 5.17. The van der Waals surface area contributed by atoms with Crippen molar-refractivity contribution >= 4 is 0 Å². The molecule has 11 heteroatoms. The smallest absolute Gasteiger partial charge is 0.421 e. The van der Waals surface area contributed by atoms with Crippen LogP contribution in [0.1, 0.15) is 39.1 Å². The van der Waals surface area contributed by atoms with Crippen molar-refractivity contribution in [2.75, 3.05) is 0 Å². The summed E-state index contributed by atoms with van der Waals surface area (Å²) in [4.78, 5) is 3.65. The Kier molecular flexibility index (Phi) is 6.84. The van der Waals surface area contributed by atoms with E-state index >= 15 is 0 Å². The third-order valence-electron chi connectivity index (χ3n) is 5.17. The first-order valence-electron chi connectivity index (χ1n) is 10.0. The molecule has 2 aromatic carbocycles. The zero-order chi connectivity index (χ0) is 26.3. The molecule has 0 fully saturated rings. The lowest BCUT2D eigenvalue weighted by Gasteiger charge is -2.21. The molecule has 0 unspecified atom stereocenters. The van der Waals surface area contributed by atoms with E-state index in [2.05, 4.69) is 4.98 Å². The fourth-order valence-electron chi connectivity index (χ4n) is 3.62. The van der Waals surface area contributed by atoms with Crippen LogP contribution >= 0.6 is 0 Å². The second kappa shape index (κ2) is 9.09. The van der Waals surface area contributed by atoms with E-state index in [4.69, 9.17) is 4.74 Å². The Morgan fingerprint density at radius 1 is 0.714 bits per heavy atom. The molecule has 35 heavy (non-hydrogen) atoms. The van der Waals surface area contributed by atoms with Gasteiger partial charge in [0.2, 0.25) is 5.88 Å². The van der Waals surface area contributed by atoms with Gasteiger partial charge in [-0.15, -0.1) is 0 Å². The zero-order valence-corrected chi connectivity index (χ0v) is 18.5. The molecule has 0 atom stereocenters. The van der Waals surface area contributed by atoms with Crippen molar-refractivity contribution < 1.29 is 44.3 Å². The number of ether oxygens (including phenoxy) is 1. The normalized spacial score (nSPS) is 12.7. The summed E-state index contributed by atoms with van der Waals surface area (Å²) in [6.07, 6.45) is -14.7. The molecule has 0 bridgehead atoms. The summed E-state index contributed by atoms with van der Waals surface area (Å²) in [7, 11) is 0. The van der Waals surface area contributed by atoms with E-state index in [1.807, 2.05) is 0 Å². The van der Waals surface area contributed by atoms with Gasteiger partial charge in [-0.05, 0) is 61.7 Å². The molecule has 1 aromatic heterocycles. The molecule has 0 radical (unpaired) electrons. The molecule has 0 aliphatic carbocycles. The van der Waals surface area contributed by atoms with Crippen LogP contribution in [0.4, 0.5) is 39.5 Å². The minimum Gasteiger partial charge on any atom is -0.472 e. The highest BCUT2D eigenvalue weighted by molar-refractivity contribution is 5.74. The average molecular weight is 507 g/mol. The Labute approximate surface area is 194 Å². The SMILES string of the molecule is Cc1cc(COc2nc(C)ccc2C(F)(F)F)c(C(F)(F)F)c(-c2cc(C(F)(F)F)ccc2C)c1. The van der Waals surface area contributed by atoms with Crippen molar-refractivity contribution in [3.05, 3.63) is 81.5 Å². The molecule has 188 valence electrons. The molecule has 0 N–H and O–H groups in total. The maximum Gasteiger partial charge on any atom is 0.421 e. The second-order valence-corrected chi connectivity index (χ2v) is 7.96. The Morgan fingerprint density at radius 2 is 1.37 bits per heavy atom. The number of halogens is 9. The maximum absolute atomic E-state index is 14.2. The van der Waals surface area contributed by atoms with Crippen molar-refractivity contribution in [2.45, 2.75) is 45.9 Å². The van der Waals surface area contributed by atoms with Crippen molar-refractivity contribution in [1.82, 2.24) is 4.98 Å². The summed E-state index contributed by atoms with van der Waals surface area (Å²) in [6, 6.07) is 6.37. The van der Waals surface area contributed by atoms with Crippen LogP contribution in [-0.2, 0) is 25.1 Å². The van der Waals surface area contributed by atoms with Crippen molar-refractivity contribution in [2.24, 2.45) is 0 Å². The Morgan fingerprint density at radius 3 is 1.94 bits per heavy atom. The number of hydrogen-bond acceptors (Lipinski definition) is 2. The monoisotopic (exact) mass is 507 g/mol. The highest BCUT2D eigenvalue weighted by Gasteiger charge is 2.39. The summed E-state index contributed by atoms with van der Waals surface area (Å²) in [5.41, 5.74) is -4.53. The Balaban J connectivity index is 2.18. The van der Waals surface area contributed by atoms with E-state index in [0.717, 1.165) is 30.3 Å². The molecular weight excluding hydrogens is 489 g/mol. The predicted molar refractivity (Wildman–Crippen MR) is 110 cm³/mol.